The van der Waals surface area contributed by atoms with Crippen molar-refractivity contribution in [2.45, 2.75) is 31.2 Å². The van der Waals surface area contributed by atoms with Crippen LogP contribution in [0.5, 0.6) is 0 Å². The van der Waals surface area contributed by atoms with Gasteiger partial charge in [0.05, 0.1) is 30.9 Å². The van der Waals surface area contributed by atoms with Gasteiger partial charge in [-0.25, -0.2) is 0 Å². The highest BCUT2D eigenvalue weighted by molar-refractivity contribution is 5.73. The van der Waals surface area contributed by atoms with Gasteiger partial charge in [-0.05, 0) is 0 Å². The lowest BCUT2D eigenvalue weighted by molar-refractivity contribution is -0.120. The third kappa shape index (κ3) is 2.42. The van der Waals surface area contributed by atoms with Crippen molar-refractivity contribution in [3.8, 4) is 0 Å². The molecule has 1 rings (SSSR count). The predicted octanol–water partition coefficient (Wildman–Crippen LogP) is -2.82. The molecule has 4 atom stereocenters. The minimum absolute atomic E-state index is 0.227. The summed E-state index contributed by atoms with van der Waals surface area (Å²) in [6, 6.07) is -0.990. The van der Waals surface area contributed by atoms with E-state index < -0.39 is 30.9 Å². The molecule has 1 heterocycles. The lowest BCUT2D eigenvalue weighted by atomic mass is 10.0. The van der Waals surface area contributed by atoms with Crippen molar-refractivity contribution < 1.29 is 20.1 Å². The van der Waals surface area contributed by atoms with Gasteiger partial charge in [-0.3, -0.25) is 4.79 Å². The molecule has 14 heavy (non-hydrogen) atoms. The summed E-state index contributed by atoms with van der Waals surface area (Å²) in [5.74, 6) is -0.227. The predicted molar refractivity (Wildman–Crippen MR) is 48.5 cm³/mol. The average Bonchev–Trinajstić information content (AvgIpc) is 2.46. The van der Waals surface area contributed by atoms with Gasteiger partial charge < -0.3 is 26.0 Å². The van der Waals surface area contributed by atoms with E-state index >= 15 is 0 Å². The van der Waals surface area contributed by atoms with Crippen LogP contribution in [-0.4, -0.2) is 58.7 Å². The van der Waals surface area contributed by atoms with Crippen LogP contribution in [0.25, 0.3) is 0 Å². The maximum atomic E-state index is 10.7. The molecule has 0 spiro atoms. The number of hydrogen-bond donors (Lipinski definition) is 5. The molecular formula is C8H16N2O4. The van der Waals surface area contributed by atoms with Gasteiger partial charge in [0.1, 0.15) is 0 Å². The molecule has 0 aromatic carbocycles. The van der Waals surface area contributed by atoms with Crippen LogP contribution in [0.1, 0.15) is 6.92 Å². The molecule has 82 valence electrons. The van der Waals surface area contributed by atoms with E-state index in [0.717, 1.165) is 0 Å². The summed E-state index contributed by atoms with van der Waals surface area (Å²) in [5.41, 5.74) is 0. The highest BCUT2D eigenvalue weighted by atomic mass is 16.3. The monoisotopic (exact) mass is 204 g/mol. The number of carbonyl (C=O) groups excluding carboxylic acids is 1. The molecule has 1 fully saturated rings. The van der Waals surface area contributed by atoms with E-state index in [1.165, 1.54) is 6.92 Å². The molecule has 0 radical (unpaired) electrons. The van der Waals surface area contributed by atoms with Gasteiger partial charge in [0, 0.05) is 13.5 Å². The zero-order chi connectivity index (χ0) is 10.7. The Morgan fingerprint density at radius 3 is 2.86 bits per heavy atom. The summed E-state index contributed by atoms with van der Waals surface area (Å²) < 4.78 is 0. The van der Waals surface area contributed by atoms with Gasteiger partial charge in [0.2, 0.25) is 5.91 Å². The molecule has 1 aliphatic rings. The normalized spacial score (nSPS) is 34.1. The fourth-order valence-corrected chi connectivity index (χ4v) is 1.63. The fourth-order valence-electron chi connectivity index (χ4n) is 1.63. The first kappa shape index (κ1) is 11.4. The maximum Gasteiger partial charge on any atom is 0.217 e. The van der Waals surface area contributed by atoms with Crippen LogP contribution in [0.3, 0.4) is 0 Å². The van der Waals surface area contributed by atoms with Crippen LogP contribution in [0.2, 0.25) is 0 Å². The number of rotatable bonds is 3. The largest absolute Gasteiger partial charge is 0.394 e. The summed E-state index contributed by atoms with van der Waals surface area (Å²) in [4.78, 5) is 10.7. The smallest absolute Gasteiger partial charge is 0.217 e. The Morgan fingerprint density at radius 2 is 2.36 bits per heavy atom. The van der Waals surface area contributed by atoms with Crippen LogP contribution in [0.4, 0.5) is 0 Å². The highest BCUT2D eigenvalue weighted by Crippen LogP contribution is 2.11. The Kier molecular flexibility index (Phi) is 3.82. The van der Waals surface area contributed by atoms with Crippen molar-refractivity contribution in [3.63, 3.8) is 0 Å². The Bertz CT molecular complexity index is 212. The van der Waals surface area contributed by atoms with Gasteiger partial charge in [-0.2, -0.15) is 0 Å². The van der Waals surface area contributed by atoms with Gasteiger partial charge in [0.25, 0.3) is 0 Å². The quantitative estimate of drug-likeness (QED) is 0.341. The third-order valence-electron chi connectivity index (χ3n) is 2.34. The molecular weight excluding hydrogens is 188 g/mol. The maximum absolute atomic E-state index is 10.7. The summed E-state index contributed by atoms with van der Waals surface area (Å²) in [7, 11) is 0. The second kappa shape index (κ2) is 4.70. The number of aliphatic hydroxyl groups is 3. The van der Waals surface area contributed by atoms with E-state index in [1.54, 1.807) is 0 Å². The van der Waals surface area contributed by atoms with E-state index in [9.17, 15) is 15.0 Å². The van der Waals surface area contributed by atoms with Crippen LogP contribution in [0, 0.1) is 0 Å². The Labute approximate surface area is 81.9 Å². The fraction of sp³-hybridized carbons (Fsp3) is 0.875. The summed E-state index contributed by atoms with van der Waals surface area (Å²) in [6.45, 7) is 1.34. The van der Waals surface area contributed by atoms with Crippen LogP contribution >= 0.6 is 0 Å². The van der Waals surface area contributed by atoms with E-state index in [0.29, 0.717) is 6.54 Å². The average molecular weight is 204 g/mol. The van der Waals surface area contributed by atoms with Crippen molar-refractivity contribution in [3.05, 3.63) is 0 Å². The minimum atomic E-state index is -1.01. The molecule has 0 aliphatic carbocycles. The van der Waals surface area contributed by atoms with E-state index in [1.807, 2.05) is 0 Å². The van der Waals surface area contributed by atoms with E-state index in [2.05, 4.69) is 10.6 Å². The number of nitrogens with one attached hydrogen (secondary N) is 2. The molecule has 0 aromatic heterocycles. The minimum Gasteiger partial charge on any atom is -0.394 e. The van der Waals surface area contributed by atoms with E-state index in [4.69, 9.17) is 5.11 Å². The molecule has 6 heteroatoms. The standard InChI is InChI=1S/C8H16N2O4/c1-4(12)10-5-2-9-7(8(5)14)6(13)3-11/h5-9,11,13-14H,2-3H2,1H3,(H,10,12)/t5-,6+,7-,8+/m0/s1. The first-order chi connectivity index (χ1) is 6.56. The number of carbonyl (C=O) groups is 1. The molecule has 1 saturated heterocycles. The Hall–Kier alpha value is -0.690. The molecule has 1 aliphatic heterocycles. The SMILES string of the molecule is CC(=O)N[C@H]1CN[C@@H]([C@H](O)CO)[C@@H]1O. The highest BCUT2D eigenvalue weighted by Gasteiger charge is 2.38. The summed E-state index contributed by atoms with van der Waals surface area (Å²) >= 11 is 0. The van der Waals surface area contributed by atoms with Gasteiger partial charge in [0.15, 0.2) is 0 Å². The van der Waals surface area contributed by atoms with Gasteiger partial charge >= 0.3 is 0 Å². The van der Waals surface area contributed by atoms with Crippen molar-refractivity contribution in [1.82, 2.24) is 10.6 Å². The molecule has 5 N–H and O–H groups in total. The molecule has 0 aromatic rings. The number of aliphatic hydroxyl groups excluding tert-OH is 3. The van der Waals surface area contributed by atoms with Gasteiger partial charge in [-0.15, -0.1) is 0 Å². The van der Waals surface area contributed by atoms with Gasteiger partial charge in [-0.1, -0.05) is 0 Å². The zero-order valence-electron chi connectivity index (χ0n) is 7.97. The van der Waals surface area contributed by atoms with Crippen molar-refractivity contribution >= 4 is 5.91 Å². The van der Waals surface area contributed by atoms with Crippen molar-refractivity contribution in [2.75, 3.05) is 13.2 Å². The lowest BCUT2D eigenvalue weighted by Gasteiger charge is -2.22. The molecule has 0 saturated carbocycles. The van der Waals surface area contributed by atoms with Crippen LogP contribution in [-0.2, 0) is 4.79 Å². The summed E-state index contributed by atoms with van der Waals surface area (Å²) in [6.07, 6.45) is -1.88. The van der Waals surface area contributed by atoms with Crippen LogP contribution in [0.15, 0.2) is 0 Å². The summed E-state index contributed by atoms with van der Waals surface area (Å²) in [5, 5.41) is 33.0. The molecule has 0 unspecified atom stereocenters. The Morgan fingerprint density at radius 1 is 1.71 bits per heavy atom. The molecule has 1 amide bonds. The second-order valence-electron chi connectivity index (χ2n) is 3.48. The van der Waals surface area contributed by atoms with Crippen LogP contribution < -0.4 is 10.6 Å². The zero-order valence-corrected chi connectivity index (χ0v) is 7.97. The first-order valence-corrected chi connectivity index (χ1v) is 4.53. The molecule has 0 bridgehead atoms. The lowest BCUT2D eigenvalue weighted by Crippen LogP contribution is -2.48. The Balaban J connectivity index is 2.50. The van der Waals surface area contributed by atoms with Crippen molar-refractivity contribution in [2.24, 2.45) is 0 Å². The second-order valence-corrected chi connectivity index (χ2v) is 3.48. The number of amides is 1. The topological polar surface area (TPSA) is 102 Å². The molecule has 6 nitrogen and oxygen atoms in total. The number of hydrogen-bond acceptors (Lipinski definition) is 5. The third-order valence-corrected chi connectivity index (χ3v) is 2.34. The van der Waals surface area contributed by atoms with Crippen molar-refractivity contribution in [1.29, 1.82) is 0 Å². The first-order valence-electron chi connectivity index (χ1n) is 4.53. The van der Waals surface area contributed by atoms with E-state index in [-0.39, 0.29) is 5.91 Å².